The lowest BCUT2D eigenvalue weighted by Gasteiger charge is -2.09. The zero-order chi connectivity index (χ0) is 14.2. The highest BCUT2D eigenvalue weighted by Gasteiger charge is 2.25. The van der Waals surface area contributed by atoms with Crippen LogP contribution >= 0.6 is 0 Å². The number of rotatable bonds is 8. The molecule has 0 rings (SSSR count). The van der Waals surface area contributed by atoms with Gasteiger partial charge in [0.15, 0.2) is 0 Å². The van der Waals surface area contributed by atoms with Crippen LogP contribution in [-0.2, 0) is 9.59 Å². The van der Waals surface area contributed by atoms with Crippen molar-refractivity contribution >= 4 is 11.9 Å². The minimum Gasteiger partial charge on any atom is -0.481 e. The molecule has 2 N–H and O–H groups in total. The first-order valence-electron chi connectivity index (χ1n) is 5.76. The molecule has 0 aromatic rings. The highest BCUT2D eigenvalue weighted by atomic mass is 19.4. The molecular weight excluding hydrogens is 251 g/mol. The van der Waals surface area contributed by atoms with Gasteiger partial charge < -0.3 is 10.4 Å². The van der Waals surface area contributed by atoms with Crippen molar-refractivity contribution in [3.8, 4) is 0 Å². The minimum absolute atomic E-state index is 0.0194. The molecule has 106 valence electrons. The van der Waals surface area contributed by atoms with E-state index < -0.39 is 18.6 Å². The number of alkyl halides is 3. The molecule has 0 saturated carbocycles. The minimum atomic E-state index is -4.15. The monoisotopic (exact) mass is 269 g/mol. The first-order chi connectivity index (χ1) is 8.20. The molecule has 0 spiro atoms. The summed E-state index contributed by atoms with van der Waals surface area (Å²) in [5, 5.41) is 11.0. The Morgan fingerprint density at radius 1 is 1.22 bits per heavy atom. The molecule has 0 aliphatic rings. The van der Waals surface area contributed by atoms with Gasteiger partial charge in [0.05, 0.1) is 0 Å². The van der Waals surface area contributed by atoms with E-state index in [0.717, 1.165) is 0 Å². The second-order valence-corrected chi connectivity index (χ2v) is 4.33. The van der Waals surface area contributed by atoms with E-state index in [4.69, 9.17) is 5.11 Å². The predicted molar refractivity (Wildman–Crippen MR) is 58.9 cm³/mol. The average molecular weight is 269 g/mol. The molecule has 0 fully saturated rings. The van der Waals surface area contributed by atoms with Crippen molar-refractivity contribution in [1.29, 1.82) is 0 Å². The van der Waals surface area contributed by atoms with Gasteiger partial charge in [0.25, 0.3) is 0 Å². The average Bonchev–Trinajstić information content (AvgIpc) is 2.13. The Bertz CT molecular complexity index is 279. The highest BCUT2D eigenvalue weighted by molar-refractivity contribution is 5.77. The Morgan fingerprint density at radius 3 is 2.33 bits per heavy atom. The molecule has 0 radical (unpaired) electrons. The van der Waals surface area contributed by atoms with Crippen molar-refractivity contribution in [1.82, 2.24) is 5.32 Å². The van der Waals surface area contributed by atoms with Gasteiger partial charge in [-0.1, -0.05) is 6.92 Å². The van der Waals surface area contributed by atoms with Gasteiger partial charge in [0, 0.05) is 25.8 Å². The summed E-state index contributed by atoms with van der Waals surface area (Å²) in [5.41, 5.74) is 0. The summed E-state index contributed by atoms with van der Waals surface area (Å²) in [6.07, 6.45) is -4.78. The summed E-state index contributed by atoms with van der Waals surface area (Å²) in [7, 11) is 0. The van der Waals surface area contributed by atoms with Crippen LogP contribution in [0.25, 0.3) is 0 Å². The van der Waals surface area contributed by atoms with Gasteiger partial charge in [-0.25, -0.2) is 0 Å². The fraction of sp³-hybridized carbons (Fsp3) is 0.818. The molecule has 0 aliphatic carbocycles. The molecule has 4 nitrogen and oxygen atoms in total. The van der Waals surface area contributed by atoms with Crippen molar-refractivity contribution in [3.63, 3.8) is 0 Å². The van der Waals surface area contributed by atoms with E-state index >= 15 is 0 Å². The van der Waals surface area contributed by atoms with Crippen LogP contribution < -0.4 is 5.32 Å². The molecule has 1 unspecified atom stereocenters. The van der Waals surface area contributed by atoms with Crippen molar-refractivity contribution in [3.05, 3.63) is 0 Å². The van der Waals surface area contributed by atoms with E-state index in [1.165, 1.54) is 0 Å². The molecule has 7 heteroatoms. The number of carbonyl (C=O) groups is 2. The topological polar surface area (TPSA) is 66.4 Å². The summed E-state index contributed by atoms with van der Waals surface area (Å²) < 4.78 is 35.4. The summed E-state index contributed by atoms with van der Waals surface area (Å²) in [6.45, 7) is 1.83. The van der Waals surface area contributed by atoms with Crippen LogP contribution in [0.4, 0.5) is 13.2 Å². The molecule has 0 bridgehead atoms. The lowest BCUT2D eigenvalue weighted by Crippen LogP contribution is -2.26. The molecule has 1 amide bonds. The van der Waals surface area contributed by atoms with E-state index in [0.29, 0.717) is 0 Å². The zero-order valence-electron chi connectivity index (χ0n) is 10.2. The lowest BCUT2D eigenvalue weighted by molar-refractivity contribution is -0.138. The third-order valence-corrected chi connectivity index (χ3v) is 2.27. The standard InChI is InChI=1S/C11H18F3NO3/c1-8(7-10(17)18)6-9(16)15-5-3-2-4-11(12,13)14/h8H,2-7H2,1H3,(H,15,16)(H,17,18). The fourth-order valence-corrected chi connectivity index (χ4v) is 1.44. The van der Waals surface area contributed by atoms with Gasteiger partial charge in [0.2, 0.25) is 5.91 Å². The van der Waals surface area contributed by atoms with Crippen LogP contribution in [0.1, 0.15) is 39.0 Å². The molecule has 0 saturated heterocycles. The van der Waals surface area contributed by atoms with E-state index in [2.05, 4.69) is 5.32 Å². The van der Waals surface area contributed by atoms with Crippen molar-refractivity contribution < 1.29 is 27.9 Å². The quantitative estimate of drug-likeness (QED) is 0.665. The van der Waals surface area contributed by atoms with Crippen molar-refractivity contribution in [2.24, 2.45) is 5.92 Å². The van der Waals surface area contributed by atoms with E-state index in [1.807, 2.05) is 0 Å². The van der Waals surface area contributed by atoms with Crippen LogP contribution in [0.3, 0.4) is 0 Å². The summed E-state index contributed by atoms with van der Waals surface area (Å²) >= 11 is 0. The number of amides is 1. The Kier molecular flexibility index (Phi) is 7.38. The molecule has 18 heavy (non-hydrogen) atoms. The third kappa shape index (κ3) is 11.2. The first-order valence-corrected chi connectivity index (χ1v) is 5.76. The SMILES string of the molecule is CC(CC(=O)O)CC(=O)NCCCCC(F)(F)F. The highest BCUT2D eigenvalue weighted by Crippen LogP contribution is 2.21. The molecule has 0 aromatic heterocycles. The van der Waals surface area contributed by atoms with E-state index in [1.54, 1.807) is 6.92 Å². The number of carboxylic acids is 1. The third-order valence-electron chi connectivity index (χ3n) is 2.27. The summed E-state index contributed by atoms with van der Waals surface area (Å²) in [5.74, 6) is -1.58. The number of carboxylic acid groups (broad SMARTS) is 1. The maximum Gasteiger partial charge on any atom is 0.389 e. The molecule has 0 heterocycles. The van der Waals surface area contributed by atoms with Crippen LogP contribution in [0.2, 0.25) is 0 Å². The maximum absolute atomic E-state index is 11.8. The van der Waals surface area contributed by atoms with Gasteiger partial charge in [-0.05, 0) is 18.8 Å². The Hall–Kier alpha value is -1.27. The Balaban J connectivity index is 3.57. The van der Waals surface area contributed by atoms with Crippen LogP contribution in [0.15, 0.2) is 0 Å². The van der Waals surface area contributed by atoms with Crippen LogP contribution in [0, 0.1) is 5.92 Å². The molecular formula is C11H18F3NO3. The van der Waals surface area contributed by atoms with Crippen molar-refractivity contribution in [2.45, 2.75) is 45.2 Å². The Labute approximate surface area is 104 Å². The summed E-state index contributed by atoms with van der Waals surface area (Å²) in [6, 6.07) is 0. The van der Waals surface area contributed by atoms with Crippen LogP contribution in [-0.4, -0.2) is 29.7 Å². The number of unbranched alkanes of at least 4 members (excludes halogenated alkanes) is 1. The van der Waals surface area contributed by atoms with Gasteiger partial charge in [-0.3, -0.25) is 9.59 Å². The first kappa shape index (κ1) is 16.7. The van der Waals surface area contributed by atoms with E-state index in [-0.39, 0.29) is 44.1 Å². The number of nitrogens with one attached hydrogen (secondary N) is 1. The second-order valence-electron chi connectivity index (χ2n) is 4.33. The zero-order valence-corrected chi connectivity index (χ0v) is 10.2. The van der Waals surface area contributed by atoms with Crippen molar-refractivity contribution in [2.75, 3.05) is 6.54 Å². The molecule has 0 aromatic carbocycles. The van der Waals surface area contributed by atoms with E-state index in [9.17, 15) is 22.8 Å². The van der Waals surface area contributed by atoms with Gasteiger partial charge in [-0.15, -0.1) is 0 Å². The maximum atomic E-state index is 11.8. The van der Waals surface area contributed by atoms with Gasteiger partial charge in [-0.2, -0.15) is 13.2 Å². The smallest absolute Gasteiger partial charge is 0.389 e. The number of hydrogen-bond acceptors (Lipinski definition) is 2. The summed E-state index contributed by atoms with van der Waals surface area (Å²) in [4.78, 5) is 21.6. The van der Waals surface area contributed by atoms with Crippen LogP contribution in [0.5, 0.6) is 0 Å². The van der Waals surface area contributed by atoms with Gasteiger partial charge in [0.1, 0.15) is 0 Å². The lowest BCUT2D eigenvalue weighted by atomic mass is 10.0. The molecule has 1 atom stereocenters. The number of carbonyl (C=O) groups excluding carboxylic acids is 1. The fourth-order valence-electron chi connectivity index (χ4n) is 1.44. The van der Waals surface area contributed by atoms with Gasteiger partial charge >= 0.3 is 12.1 Å². The normalized spacial score (nSPS) is 13.1. The largest absolute Gasteiger partial charge is 0.481 e. The number of hydrogen-bond donors (Lipinski definition) is 2. The number of aliphatic carboxylic acids is 1. The predicted octanol–water partition coefficient (Wildman–Crippen LogP) is 2.34. The number of halogens is 3. The molecule has 0 aliphatic heterocycles. The second kappa shape index (κ2) is 7.94. The Morgan fingerprint density at radius 2 is 1.83 bits per heavy atom.